The van der Waals surface area contributed by atoms with E-state index in [1.165, 1.54) is 23.4 Å². The second-order valence-electron chi connectivity index (χ2n) is 4.53. The van der Waals surface area contributed by atoms with Gasteiger partial charge in [0.2, 0.25) is 0 Å². The zero-order valence-corrected chi connectivity index (χ0v) is 15.4. The molecule has 0 aromatic carbocycles. The second kappa shape index (κ2) is 12.6. The van der Waals surface area contributed by atoms with E-state index in [1.54, 1.807) is 6.92 Å². The van der Waals surface area contributed by atoms with Gasteiger partial charge in [-0.25, -0.2) is 19.5 Å². The van der Waals surface area contributed by atoms with Crippen molar-refractivity contribution in [3.8, 4) is 107 Å². The average Bonchev–Trinajstić information content (AvgIpc) is 3.20. The van der Waals surface area contributed by atoms with E-state index in [9.17, 15) is 4.79 Å². The highest BCUT2D eigenvalue weighted by atomic mass is 16.1. The third-order valence-corrected chi connectivity index (χ3v) is 2.66. The first-order chi connectivity index (χ1) is 14.8. The standard InChI is InChI=1S/C25H6N4O/c1-2-3-4-5-6-7-8-9-10-11-12-13-14-15-16-17-18-19-24(30)29-22-28-23-20-26-21-27-25(23)29/h20-22H,1H3. The van der Waals surface area contributed by atoms with Crippen LogP contribution in [0.15, 0.2) is 18.9 Å². The van der Waals surface area contributed by atoms with Crippen molar-refractivity contribution in [2.75, 3.05) is 0 Å². The third-order valence-electron chi connectivity index (χ3n) is 2.66. The van der Waals surface area contributed by atoms with Crippen molar-refractivity contribution in [3.63, 3.8) is 0 Å². The highest BCUT2D eigenvalue weighted by molar-refractivity contribution is 6.00. The van der Waals surface area contributed by atoms with E-state index in [1.807, 2.05) is 0 Å². The van der Waals surface area contributed by atoms with Gasteiger partial charge in [0.1, 0.15) is 18.2 Å². The van der Waals surface area contributed by atoms with Crippen molar-refractivity contribution >= 4 is 17.1 Å². The Morgan fingerprint density at radius 2 is 1.23 bits per heavy atom. The van der Waals surface area contributed by atoms with Gasteiger partial charge in [0.05, 0.1) is 6.20 Å². The van der Waals surface area contributed by atoms with Crippen LogP contribution in [-0.4, -0.2) is 25.4 Å². The first kappa shape index (κ1) is 20.6. The zero-order chi connectivity index (χ0) is 21.3. The number of imidazole rings is 1. The highest BCUT2D eigenvalue weighted by Gasteiger charge is 2.08. The molecular weight excluding hydrogens is 372 g/mol. The van der Waals surface area contributed by atoms with Crippen molar-refractivity contribution in [2.24, 2.45) is 0 Å². The Kier molecular flexibility index (Phi) is 8.63. The number of hydrogen-bond donors (Lipinski definition) is 0. The largest absolute Gasteiger partial charge is 0.310 e. The summed E-state index contributed by atoms with van der Waals surface area (Å²) in [6.07, 6.45) is 4.15. The van der Waals surface area contributed by atoms with Crippen LogP contribution in [0.3, 0.4) is 0 Å². The van der Waals surface area contributed by atoms with Crippen LogP contribution < -0.4 is 0 Å². The molecule has 0 atom stereocenters. The number of carbonyl (C=O) groups is 1. The Balaban J connectivity index is 1.86. The van der Waals surface area contributed by atoms with E-state index >= 15 is 0 Å². The Morgan fingerprint density at radius 1 is 0.733 bits per heavy atom. The molecule has 0 bridgehead atoms. The molecule has 0 aliphatic heterocycles. The van der Waals surface area contributed by atoms with Gasteiger partial charge in [-0.2, -0.15) is 0 Å². The molecule has 0 unspecified atom stereocenters. The number of hydrogen-bond acceptors (Lipinski definition) is 4. The molecule has 2 rings (SSSR count). The van der Waals surface area contributed by atoms with Gasteiger partial charge in [0.25, 0.3) is 0 Å². The SMILES string of the molecule is CC#CC#CC#CC#CC#CC#CC#CC#CC#CC(=O)n1cnc2cncnc21. The lowest BCUT2D eigenvalue weighted by Crippen LogP contribution is -2.06. The fourth-order valence-electron chi connectivity index (χ4n) is 1.56. The Morgan fingerprint density at radius 3 is 1.77 bits per heavy atom. The van der Waals surface area contributed by atoms with Crippen LogP contribution in [0, 0.1) is 107 Å². The summed E-state index contributed by atoms with van der Waals surface area (Å²) in [6, 6.07) is 0. The minimum absolute atomic E-state index is 0.376. The molecule has 0 saturated carbocycles. The molecule has 0 radical (unpaired) electrons. The van der Waals surface area contributed by atoms with Crippen LogP contribution in [-0.2, 0) is 0 Å². The van der Waals surface area contributed by atoms with Crippen LogP contribution in [0.4, 0.5) is 0 Å². The maximum atomic E-state index is 12.0. The minimum Gasteiger partial charge on any atom is -0.258 e. The van der Waals surface area contributed by atoms with Crippen LogP contribution in [0.5, 0.6) is 0 Å². The van der Waals surface area contributed by atoms with Crippen molar-refractivity contribution in [3.05, 3.63) is 18.9 Å². The fourth-order valence-corrected chi connectivity index (χ4v) is 1.56. The van der Waals surface area contributed by atoms with Gasteiger partial charge in [-0.05, 0) is 102 Å². The maximum absolute atomic E-state index is 12.0. The summed E-state index contributed by atoms with van der Waals surface area (Å²) >= 11 is 0. The summed E-state index contributed by atoms with van der Waals surface area (Å²) in [7, 11) is 0. The lowest BCUT2D eigenvalue weighted by molar-refractivity contribution is 0.0983. The molecule has 0 aliphatic carbocycles. The number of rotatable bonds is 0. The molecule has 0 saturated heterocycles. The first-order valence-electron chi connectivity index (χ1n) is 7.93. The van der Waals surface area contributed by atoms with Gasteiger partial charge < -0.3 is 0 Å². The molecule has 0 aliphatic rings. The molecular formula is C25H6N4O. The van der Waals surface area contributed by atoms with Crippen molar-refractivity contribution in [2.45, 2.75) is 6.92 Å². The van der Waals surface area contributed by atoms with E-state index in [4.69, 9.17) is 0 Å². The first-order valence-corrected chi connectivity index (χ1v) is 7.93. The maximum Gasteiger partial charge on any atom is 0.310 e. The van der Waals surface area contributed by atoms with E-state index in [0.29, 0.717) is 11.2 Å². The molecule has 132 valence electrons. The summed E-state index contributed by atoms with van der Waals surface area (Å²) in [5, 5.41) is 0. The van der Waals surface area contributed by atoms with Crippen LogP contribution in [0.1, 0.15) is 11.7 Å². The predicted octanol–water partition coefficient (Wildman–Crippen LogP) is 0.517. The van der Waals surface area contributed by atoms with Gasteiger partial charge in [-0.3, -0.25) is 4.79 Å². The number of aromatic nitrogens is 4. The molecule has 0 fully saturated rings. The fraction of sp³-hybridized carbons (Fsp3) is 0.0400. The Labute approximate surface area is 174 Å². The summed E-state index contributed by atoms with van der Waals surface area (Å²) in [5.74, 6) is 44.3. The van der Waals surface area contributed by atoms with Crippen LogP contribution in [0.2, 0.25) is 0 Å². The zero-order valence-electron chi connectivity index (χ0n) is 15.4. The summed E-state index contributed by atoms with van der Waals surface area (Å²) in [5.41, 5.74) is 0.873. The van der Waals surface area contributed by atoms with Gasteiger partial charge in [0, 0.05) is 5.92 Å². The van der Waals surface area contributed by atoms with Gasteiger partial charge >= 0.3 is 5.91 Å². The number of fused-ring (bicyclic) bond motifs is 1. The van der Waals surface area contributed by atoms with E-state index in [2.05, 4.69) is 122 Å². The molecule has 0 N–H and O–H groups in total. The highest BCUT2D eigenvalue weighted by Crippen LogP contribution is 2.06. The molecule has 2 heterocycles. The van der Waals surface area contributed by atoms with E-state index in [0.717, 1.165) is 0 Å². The topological polar surface area (TPSA) is 60.7 Å². The Bertz CT molecular complexity index is 1570. The lowest BCUT2D eigenvalue weighted by Gasteiger charge is -1.93. The van der Waals surface area contributed by atoms with Crippen molar-refractivity contribution < 1.29 is 4.79 Å². The molecule has 0 spiro atoms. The van der Waals surface area contributed by atoms with Gasteiger partial charge in [-0.15, -0.1) is 0 Å². The molecule has 0 amide bonds. The monoisotopic (exact) mass is 378 g/mol. The molecule has 5 nitrogen and oxygen atoms in total. The third kappa shape index (κ3) is 7.25. The number of nitrogens with zero attached hydrogens (tertiary/aromatic N) is 4. The lowest BCUT2D eigenvalue weighted by atomic mass is 10.4. The summed E-state index contributed by atoms with van der Waals surface area (Å²) in [4.78, 5) is 23.8. The second-order valence-corrected chi connectivity index (χ2v) is 4.53. The average molecular weight is 378 g/mol. The Hall–Kier alpha value is -5.74. The summed E-state index contributed by atoms with van der Waals surface area (Å²) < 4.78 is 1.21. The van der Waals surface area contributed by atoms with Crippen LogP contribution >= 0.6 is 0 Å². The minimum atomic E-state index is -0.513. The van der Waals surface area contributed by atoms with Gasteiger partial charge in [0.15, 0.2) is 5.65 Å². The quantitative estimate of drug-likeness (QED) is 0.627. The van der Waals surface area contributed by atoms with Crippen LogP contribution in [0.25, 0.3) is 11.2 Å². The smallest absolute Gasteiger partial charge is 0.258 e. The molecule has 30 heavy (non-hydrogen) atoms. The van der Waals surface area contributed by atoms with E-state index in [-0.39, 0.29) is 0 Å². The molecule has 2 aromatic rings. The molecule has 2 aromatic heterocycles. The normalized spacial score (nSPS) is 6.57. The summed E-state index contributed by atoms with van der Waals surface area (Å²) in [6.45, 7) is 1.69. The van der Waals surface area contributed by atoms with Gasteiger partial charge in [-0.1, -0.05) is 5.92 Å². The molecule has 5 heteroatoms. The van der Waals surface area contributed by atoms with Crippen molar-refractivity contribution in [1.29, 1.82) is 0 Å². The number of carbonyl (C=O) groups excluding carboxylic acids is 1. The predicted molar refractivity (Wildman–Crippen MR) is 112 cm³/mol. The van der Waals surface area contributed by atoms with Crippen molar-refractivity contribution in [1.82, 2.24) is 19.5 Å². The van der Waals surface area contributed by atoms with E-state index < -0.39 is 5.91 Å².